The molecule has 4 aliphatic carbocycles. The molecule has 0 spiro atoms. The number of carbonyl (C=O) groups excluding carboxylic acids is 1. The quantitative estimate of drug-likeness (QED) is 0.707. The van der Waals surface area contributed by atoms with Crippen LogP contribution in [0.25, 0.3) is 0 Å². The summed E-state index contributed by atoms with van der Waals surface area (Å²) in [6.45, 7) is 0. The van der Waals surface area contributed by atoms with Crippen LogP contribution in [0, 0.1) is 0 Å². The molecule has 0 aliphatic heterocycles. The van der Waals surface area contributed by atoms with Gasteiger partial charge >= 0.3 is 11.9 Å². The Kier molecular flexibility index (Phi) is 4.75. The number of methoxy groups -OCH3 is 1. The number of aromatic nitrogens is 4. The van der Waals surface area contributed by atoms with Crippen molar-refractivity contribution >= 4 is 11.9 Å². The minimum atomic E-state index is -0.745. The van der Waals surface area contributed by atoms with Crippen molar-refractivity contribution in [3.05, 3.63) is 47.6 Å². The van der Waals surface area contributed by atoms with Gasteiger partial charge in [0.05, 0.1) is 17.9 Å². The second kappa shape index (κ2) is 7.35. The molecule has 4 fully saturated rings. The number of nitrogens with zero attached hydrogens (tertiary/aromatic N) is 4. The van der Waals surface area contributed by atoms with Gasteiger partial charge in [-0.2, -0.15) is 0 Å². The number of rotatable bonds is 6. The van der Waals surface area contributed by atoms with Crippen molar-refractivity contribution in [2.75, 3.05) is 7.11 Å². The van der Waals surface area contributed by atoms with Crippen LogP contribution in [0.15, 0.2) is 24.8 Å². The first-order chi connectivity index (χ1) is 15.0. The summed E-state index contributed by atoms with van der Waals surface area (Å²) in [6, 6.07) is 0. The largest absolute Gasteiger partial charge is 0.481 e. The Bertz CT molecular complexity index is 989. The molecule has 4 aliphatic rings. The summed E-state index contributed by atoms with van der Waals surface area (Å²) in [5, 5.41) is 9.09. The highest BCUT2D eigenvalue weighted by atomic mass is 16.5. The van der Waals surface area contributed by atoms with E-state index in [1.807, 2.05) is 0 Å². The molecule has 0 bridgehead atoms. The lowest BCUT2D eigenvalue weighted by Gasteiger charge is -2.12. The van der Waals surface area contributed by atoms with Crippen molar-refractivity contribution in [2.45, 2.75) is 74.0 Å². The van der Waals surface area contributed by atoms with E-state index in [0.29, 0.717) is 24.7 Å². The lowest BCUT2D eigenvalue weighted by molar-refractivity contribution is -0.143. The number of hydrogen-bond donors (Lipinski definition) is 1. The minimum Gasteiger partial charge on any atom is -0.481 e. The van der Waals surface area contributed by atoms with Gasteiger partial charge in [0.1, 0.15) is 11.6 Å². The monoisotopic (exact) mass is 422 g/mol. The molecule has 1 N–H and O–H groups in total. The SMILES string of the molecule is COC(=O)C1(c2cnc(C3CC3)nc2)CC1.O=C(O)C1(c2cnc(C3CC3)nc2)CC1. The van der Waals surface area contributed by atoms with Crippen molar-refractivity contribution in [1.29, 1.82) is 0 Å². The zero-order chi connectivity index (χ0) is 21.6. The van der Waals surface area contributed by atoms with Gasteiger partial charge in [0, 0.05) is 47.8 Å². The van der Waals surface area contributed by atoms with E-state index >= 15 is 0 Å². The van der Waals surface area contributed by atoms with Crippen LogP contribution < -0.4 is 0 Å². The predicted molar refractivity (Wildman–Crippen MR) is 109 cm³/mol. The van der Waals surface area contributed by atoms with Gasteiger partial charge in [0.25, 0.3) is 0 Å². The van der Waals surface area contributed by atoms with Gasteiger partial charge in [-0.3, -0.25) is 9.59 Å². The maximum Gasteiger partial charge on any atom is 0.316 e. The number of carboxylic acids is 1. The smallest absolute Gasteiger partial charge is 0.316 e. The molecule has 0 unspecified atom stereocenters. The first kappa shape index (κ1) is 20.0. The third-order valence-corrected chi connectivity index (χ3v) is 6.82. The maximum absolute atomic E-state index is 11.6. The molecule has 6 rings (SSSR count). The Labute approximate surface area is 180 Å². The molecule has 0 amide bonds. The van der Waals surface area contributed by atoms with Crippen molar-refractivity contribution in [3.8, 4) is 0 Å². The zero-order valence-electron chi connectivity index (χ0n) is 17.6. The van der Waals surface area contributed by atoms with E-state index in [4.69, 9.17) is 9.84 Å². The molecule has 0 saturated heterocycles. The summed E-state index contributed by atoms with van der Waals surface area (Å²) in [5.41, 5.74) is 0.571. The minimum absolute atomic E-state index is 0.157. The first-order valence-electron chi connectivity index (χ1n) is 11.0. The number of ether oxygens (including phenoxy) is 1. The van der Waals surface area contributed by atoms with Crippen LogP contribution in [0.1, 0.15) is 86.0 Å². The van der Waals surface area contributed by atoms with Gasteiger partial charge in [-0.25, -0.2) is 19.9 Å². The molecule has 0 atom stereocenters. The third-order valence-electron chi connectivity index (χ3n) is 6.82. The van der Waals surface area contributed by atoms with Crippen LogP contribution >= 0.6 is 0 Å². The summed E-state index contributed by atoms with van der Waals surface area (Å²) < 4.78 is 4.83. The summed E-state index contributed by atoms with van der Waals surface area (Å²) in [6.07, 6.45) is 14.9. The molecule has 0 aromatic carbocycles. The van der Waals surface area contributed by atoms with Crippen LogP contribution in [-0.2, 0) is 25.2 Å². The van der Waals surface area contributed by atoms with Gasteiger partial charge in [0.15, 0.2) is 0 Å². The summed E-state index contributed by atoms with van der Waals surface area (Å²) in [7, 11) is 1.43. The molecular formula is C23H26N4O4. The number of hydrogen-bond acceptors (Lipinski definition) is 7. The molecule has 4 saturated carbocycles. The van der Waals surface area contributed by atoms with E-state index in [0.717, 1.165) is 35.6 Å². The molecule has 162 valence electrons. The summed E-state index contributed by atoms with van der Waals surface area (Å²) in [5.74, 6) is 1.98. The molecule has 2 aromatic rings. The van der Waals surface area contributed by atoms with Crippen LogP contribution in [-0.4, -0.2) is 44.1 Å². The van der Waals surface area contributed by atoms with Gasteiger partial charge in [-0.15, -0.1) is 0 Å². The van der Waals surface area contributed by atoms with E-state index in [-0.39, 0.29) is 5.97 Å². The van der Waals surface area contributed by atoms with Crippen molar-refractivity contribution < 1.29 is 19.4 Å². The third kappa shape index (κ3) is 3.79. The van der Waals surface area contributed by atoms with E-state index in [9.17, 15) is 9.59 Å². The predicted octanol–water partition coefficient (Wildman–Crippen LogP) is 3.03. The van der Waals surface area contributed by atoms with Crippen molar-refractivity contribution in [1.82, 2.24) is 19.9 Å². The molecule has 2 aromatic heterocycles. The highest BCUT2D eigenvalue weighted by molar-refractivity contribution is 5.86. The average Bonchev–Trinajstić information content (AvgIpc) is 3.67. The van der Waals surface area contributed by atoms with E-state index < -0.39 is 16.8 Å². The Morgan fingerprint density at radius 3 is 1.48 bits per heavy atom. The topological polar surface area (TPSA) is 115 Å². The second-order valence-corrected chi connectivity index (χ2v) is 9.17. The Balaban J connectivity index is 0.000000132. The Morgan fingerprint density at radius 2 is 1.19 bits per heavy atom. The fourth-order valence-electron chi connectivity index (χ4n) is 3.96. The summed E-state index contributed by atoms with van der Waals surface area (Å²) in [4.78, 5) is 39.9. The molecule has 8 heteroatoms. The second-order valence-electron chi connectivity index (χ2n) is 9.17. The highest BCUT2D eigenvalue weighted by Gasteiger charge is 2.53. The highest BCUT2D eigenvalue weighted by Crippen LogP contribution is 2.49. The van der Waals surface area contributed by atoms with Crippen LogP contribution in [0.4, 0.5) is 0 Å². The fourth-order valence-corrected chi connectivity index (χ4v) is 3.96. The van der Waals surface area contributed by atoms with Gasteiger partial charge in [-0.05, 0) is 51.4 Å². The Hall–Kier alpha value is -2.90. The van der Waals surface area contributed by atoms with Crippen molar-refractivity contribution in [3.63, 3.8) is 0 Å². The maximum atomic E-state index is 11.6. The van der Waals surface area contributed by atoms with Gasteiger partial charge in [-0.1, -0.05) is 0 Å². The van der Waals surface area contributed by atoms with Crippen molar-refractivity contribution in [2.24, 2.45) is 0 Å². The number of aliphatic carboxylic acids is 1. The molecule has 0 radical (unpaired) electrons. The van der Waals surface area contributed by atoms with Gasteiger partial charge < -0.3 is 9.84 Å². The average molecular weight is 422 g/mol. The standard InChI is InChI=1S/C12H14N2O2.C11H12N2O2/c1-16-11(15)12(4-5-12)9-6-13-10(14-7-9)8-2-3-8;14-10(15)11(3-4-11)8-5-12-9(13-6-8)7-1-2-7/h6-8H,2-5H2,1H3;5-7H,1-4H2,(H,14,15). The van der Waals surface area contributed by atoms with E-state index in [1.165, 1.54) is 32.8 Å². The number of esters is 1. The van der Waals surface area contributed by atoms with E-state index in [2.05, 4.69) is 19.9 Å². The number of carboxylic acid groups (broad SMARTS) is 1. The Morgan fingerprint density at radius 1 is 0.806 bits per heavy atom. The molecular weight excluding hydrogens is 396 g/mol. The normalized spacial score (nSPS) is 22.0. The molecule has 31 heavy (non-hydrogen) atoms. The molecule has 8 nitrogen and oxygen atoms in total. The van der Waals surface area contributed by atoms with Crippen LogP contribution in [0.3, 0.4) is 0 Å². The summed E-state index contributed by atoms with van der Waals surface area (Å²) >= 11 is 0. The molecule has 2 heterocycles. The number of carbonyl (C=O) groups is 2. The van der Waals surface area contributed by atoms with Crippen LogP contribution in [0.2, 0.25) is 0 Å². The lowest BCUT2D eigenvalue weighted by Crippen LogP contribution is -2.22. The van der Waals surface area contributed by atoms with E-state index in [1.54, 1.807) is 24.8 Å². The van der Waals surface area contributed by atoms with Crippen LogP contribution in [0.5, 0.6) is 0 Å². The lowest BCUT2D eigenvalue weighted by atomic mass is 9.99. The zero-order valence-corrected chi connectivity index (χ0v) is 17.6. The van der Waals surface area contributed by atoms with Gasteiger partial charge in [0.2, 0.25) is 0 Å². The fraction of sp³-hybridized carbons (Fsp3) is 0.565. The first-order valence-corrected chi connectivity index (χ1v) is 11.0.